The number of nitrogen functional groups attached to an aromatic ring is 1. The minimum atomic E-state index is -3.51. The van der Waals surface area contributed by atoms with Crippen LogP contribution in [-0.2, 0) is 10.0 Å². The number of thiophene rings is 1. The van der Waals surface area contributed by atoms with Crippen molar-refractivity contribution < 1.29 is 8.42 Å². The minimum absolute atomic E-state index is 0.0417. The van der Waals surface area contributed by atoms with Crippen LogP contribution in [0.5, 0.6) is 0 Å². The Kier molecular flexibility index (Phi) is 5.80. The molecule has 0 bridgehead atoms. The Balaban J connectivity index is 1.52. The van der Waals surface area contributed by atoms with Gasteiger partial charge in [0.25, 0.3) is 0 Å². The average Bonchev–Trinajstić information content (AvgIpc) is 3.03. The molecule has 1 saturated heterocycles. The molecule has 7 nitrogen and oxygen atoms in total. The van der Waals surface area contributed by atoms with Crippen LogP contribution in [0.15, 0.2) is 23.1 Å². The fraction of sp³-hybridized carbons (Fsp3) is 0.455. The number of fused-ring (bicyclic) bond motifs is 1. The third-order valence-electron chi connectivity index (χ3n) is 6.23. The van der Waals surface area contributed by atoms with Gasteiger partial charge in [-0.15, -0.1) is 11.3 Å². The Morgan fingerprint density at radius 3 is 2.42 bits per heavy atom. The van der Waals surface area contributed by atoms with Crippen molar-refractivity contribution in [3.05, 3.63) is 45.6 Å². The zero-order chi connectivity index (χ0) is 22.5. The molecule has 1 aliphatic heterocycles. The molecule has 0 saturated carbocycles. The molecule has 2 aromatic heterocycles. The Labute approximate surface area is 188 Å². The van der Waals surface area contributed by atoms with Gasteiger partial charge < -0.3 is 5.73 Å². The highest BCUT2D eigenvalue weighted by Gasteiger charge is 2.32. The van der Waals surface area contributed by atoms with Gasteiger partial charge in [-0.3, -0.25) is 4.90 Å². The Morgan fingerprint density at radius 2 is 1.74 bits per heavy atom. The minimum Gasteiger partial charge on any atom is -0.383 e. The lowest BCUT2D eigenvalue weighted by molar-refractivity contribution is 0.141. The number of hydrogen-bond acceptors (Lipinski definition) is 7. The first kappa shape index (κ1) is 22.1. The van der Waals surface area contributed by atoms with Crippen molar-refractivity contribution in [3.8, 4) is 0 Å². The van der Waals surface area contributed by atoms with Crippen molar-refractivity contribution in [2.75, 3.05) is 31.9 Å². The monoisotopic (exact) mass is 459 g/mol. The van der Waals surface area contributed by atoms with Crippen LogP contribution in [0.1, 0.15) is 40.4 Å². The molecule has 0 radical (unpaired) electrons. The van der Waals surface area contributed by atoms with Gasteiger partial charge in [-0.05, 0) is 57.4 Å². The van der Waals surface area contributed by atoms with Crippen LogP contribution in [0, 0.1) is 27.7 Å². The zero-order valence-corrected chi connectivity index (χ0v) is 20.3. The molecule has 1 unspecified atom stereocenters. The van der Waals surface area contributed by atoms with E-state index in [-0.39, 0.29) is 6.04 Å². The van der Waals surface area contributed by atoms with Crippen LogP contribution in [-0.4, -0.2) is 53.8 Å². The number of piperazine rings is 1. The van der Waals surface area contributed by atoms with Crippen LogP contribution in [0.2, 0.25) is 0 Å². The maximum absolute atomic E-state index is 13.2. The van der Waals surface area contributed by atoms with Crippen LogP contribution in [0.25, 0.3) is 10.2 Å². The highest BCUT2D eigenvalue weighted by molar-refractivity contribution is 7.89. The summed E-state index contributed by atoms with van der Waals surface area (Å²) >= 11 is 1.64. The number of benzene rings is 1. The van der Waals surface area contributed by atoms with Crippen LogP contribution in [0.4, 0.5) is 5.82 Å². The molecular weight excluding hydrogens is 430 g/mol. The summed E-state index contributed by atoms with van der Waals surface area (Å²) < 4.78 is 28.0. The molecule has 1 fully saturated rings. The second kappa shape index (κ2) is 8.12. The van der Waals surface area contributed by atoms with Crippen LogP contribution < -0.4 is 5.73 Å². The third kappa shape index (κ3) is 3.95. The molecule has 0 spiro atoms. The number of sulfonamides is 1. The van der Waals surface area contributed by atoms with E-state index in [0.717, 1.165) is 26.9 Å². The van der Waals surface area contributed by atoms with E-state index in [9.17, 15) is 8.42 Å². The number of anilines is 1. The van der Waals surface area contributed by atoms with E-state index in [4.69, 9.17) is 10.7 Å². The van der Waals surface area contributed by atoms with E-state index in [1.807, 2.05) is 32.9 Å². The van der Waals surface area contributed by atoms with E-state index in [1.54, 1.807) is 21.7 Å². The summed E-state index contributed by atoms with van der Waals surface area (Å²) in [4.78, 5) is 14.1. The van der Waals surface area contributed by atoms with Crippen molar-refractivity contribution in [3.63, 3.8) is 0 Å². The summed E-state index contributed by atoms with van der Waals surface area (Å²) in [6, 6.07) is 5.52. The van der Waals surface area contributed by atoms with Gasteiger partial charge in [0.2, 0.25) is 10.0 Å². The molecule has 4 rings (SSSR count). The Hall–Kier alpha value is -2.07. The van der Waals surface area contributed by atoms with Crippen molar-refractivity contribution in [2.24, 2.45) is 0 Å². The van der Waals surface area contributed by atoms with Gasteiger partial charge in [-0.2, -0.15) is 4.31 Å². The molecule has 3 aromatic rings. The van der Waals surface area contributed by atoms with E-state index >= 15 is 0 Å². The van der Waals surface area contributed by atoms with Gasteiger partial charge in [0.15, 0.2) is 0 Å². The molecular formula is C22H29N5O2S2. The molecule has 1 aliphatic rings. The number of nitrogens with two attached hydrogens (primary N) is 1. The molecule has 1 atom stereocenters. The van der Waals surface area contributed by atoms with Gasteiger partial charge >= 0.3 is 0 Å². The summed E-state index contributed by atoms with van der Waals surface area (Å²) in [5, 5.41) is 0.947. The van der Waals surface area contributed by atoms with Gasteiger partial charge in [0.05, 0.1) is 16.3 Å². The average molecular weight is 460 g/mol. The predicted octanol–water partition coefficient (Wildman–Crippen LogP) is 3.57. The number of rotatable bonds is 4. The number of aryl methyl sites for hydroxylation is 4. The van der Waals surface area contributed by atoms with Crippen LogP contribution in [0.3, 0.4) is 0 Å². The van der Waals surface area contributed by atoms with Crippen LogP contribution >= 0.6 is 11.3 Å². The summed E-state index contributed by atoms with van der Waals surface area (Å²) in [7, 11) is -3.51. The van der Waals surface area contributed by atoms with Crippen molar-refractivity contribution in [1.82, 2.24) is 19.2 Å². The van der Waals surface area contributed by atoms with E-state index in [0.29, 0.717) is 42.7 Å². The maximum atomic E-state index is 13.2. The maximum Gasteiger partial charge on any atom is 0.243 e. The fourth-order valence-electron chi connectivity index (χ4n) is 4.10. The molecule has 0 aliphatic carbocycles. The Morgan fingerprint density at radius 1 is 1.06 bits per heavy atom. The van der Waals surface area contributed by atoms with Gasteiger partial charge in [-0.1, -0.05) is 12.1 Å². The molecule has 1 aromatic carbocycles. The van der Waals surface area contributed by atoms with Gasteiger partial charge in [0, 0.05) is 31.1 Å². The lowest BCUT2D eigenvalue weighted by Gasteiger charge is -2.37. The van der Waals surface area contributed by atoms with Crippen molar-refractivity contribution in [2.45, 2.75) is 45.6 Å². The largest absolute Gasteiger partial charge is 0.383 e. The quantitative estimate of drug-likeness (QED) is 0.641. The van der Waals surface area contributed by atoms with Crippen molar-refractivity contribution >= 4 is 37.4 Å². The number of hydrogen-bond donors (Lipinski definition) is 1. The molecule has 9 heteroatoms. The molecule has 0 amide bonds. The number of aromatic nitrogens is 2. The molecule has 3 heterocycles. The van der Waals surface area contributed by atoms with Crippen molar-refractivity contribution in [1.29, 1.82) is 0 Å². The van der Waals surface area contributed by atoms with E-state index in [1.165, 1.54) is 4.88 Å². The summed E-state index contributed by atoms with van der Waals surface area (Å²) in [5.74, 6) is 1.21. The molecule has 2 N–H and O–H groups in total. The number of nitrogens with zero attached hydrogens (tertiary/aromatic N) is 4. The smallest absolute Gasteiger partial charge is 0.243 e. The fourth-order valence-corrected chi connectivity index (χ4v) is 6.88. The summed E-state index contributed by atoms with van der Waals surface area (Å²) in [6.45, 7) is 12.1. The summed E-state index contributed by atoms with van der Waals surface area (Å²) in [5.41, 5.74) is 9.12. The normalized spacial score (nSPS) is 17.3. The second-order valence-electron chi connectivity index (χ2n) is 8.32. The highest BCUT2D eigenvalue weighted by atomic mass is 32.2. The first-order valence-electron chi connectivity index (χ1n) is 10.4. The zero-order valence-electron chi connectivity index (χ0n) is 18.6. The predicted molar refractivity (Wildman–Crippen MR) is 126 cm³/mol. The van der Waals surface area contributed by atoms with Gasteiger partial charge in [0.1, 0.15) is 16.5 Å². The summed E-state index contributed by atoms with van der Waals surface area (Å²) in [6.07, 6.45) is 0. The highest BCUT2D eigenvalue weighted by Crippen LogP contribution is 2.33. The third-order valence-corrected chi connectivity index (χ3v) is 9.37. The molecule has 31 heavy (non-hydrogen) atoms. The topological polar surface area (TPSA) is 92.4 Å². The first-order valence-corrected chi connectivity index (χ1v) is 12.7. The lowest BCUT2D eigenvalue weighted by Crippen LogP contribution is -2.49. The second-order valence-corrected chi connectivity index (χ2v) is 11.4. The SMILES string of the molecule is Cc1ccc(C)c(S(=O)(=O)N2CCN(C(C)c3nc(N)c4c(C)c(C)sc4n3)CC2)c1. The Bertz CT molecular complexity index is 1240. The molecule has 166 valence electrons. The standard InChI is InChI=1S/C22H29N5O2S2/c1-13-6-7-14(2)18(12-13)31(28,29)27-10-8-26(9-11-27)16(4)21-24-20(23)19-15(3)17(5)30-22(19)25-21/h6-7,12,16H,8-11H2,1-5H3,(H2,23,24,25). The van der Waals surface area contributed by atoms with E-state index < -0.39 is 10.0 Å². The van der Waals surface area contributed by atoms with E-state index in [2.05, 4.69) is 23.7 Å². The first-order chi connectivity index (χ1) is 14.6. The van der Waals surface area contributed by atoms with Gasteiger partial charge in [-0.25, -0.2) is 18.4 Å². The lowest BCUT2D eigenvalue weighted by atomic mass is 10.2.